The third kappa shape index (κ3) is 2.17. The third-order valence-corrected chi connectivity index (χ3v) is 1.45. The van der Waals surface area contributed by atoms with Gasteiger partial charge in [0.25, 0.3) is 0 Å². The van der Waals surface area contributed by atoms with Crippen LogP contribution in [0.3, 0.4) is 0 Å². The Hall–Kier alpha value is -2.15. The van der Waals surface area contributed by atoms with Crippen LogP contribution < -0.4 is 0 Å². The van der Waals surface area contributed by atoms with Gasteiger partial charge in [-0.1, -0.05) is 5.92 Å². The Kier molecular flexibility index (Phi) is 3.39. The largest absolute Gasteiger partial charge is 0.464 e. The predicted molar refractivity (Wildman–Crippen MR) is 48.5 cm³/mol. The molecule has 70 valence electrons. The van der Waals surface area contributed by atoms with Crippen molar-refractivity contribution < 1.29 is 14.3 Å². The second kappa shape index (κ2) is 4.77. The zero-order valence-corrected chi connectivity index (χ0v) is 7.48. The standard InChI is InChI=1S/C10H7NO3/c1-14-10(13)9-8(5-3-7-12)4-2-6-11-9/h2,4,6-7H,1H3. The van der Waals surface area contributed by atoms with Crippen LogP contribution >= 0.6 is 0 Å². The molecule has 0 aliphatic carbocycles. The molecule has 0 aliphatic heterocycles. The van der Waals surface area contributed by atoms with Crippen molar-refractivity contribution in [3.63, 3.8) is 0 Å². The Balaban J connectivity index is 3.15. The van der Waals surface area contributed by atoms with Crippen LogP contribution in [-0.4, -0.2) is 24.3 Å². The lowest BCUT2D eigenvalue weighted by atomic mass is 10.2. The Morgan fingerprint density at radius 1 is 1.64 bits per heavy atom. The van der Waals surface area contributed by atoms with Crippen LogP contribution in [0.4, 0.5) is 0 Å². The number of carbonyl (C=O) groups is 2. The molecule has 1 heterocycles. The molecule has 0 N–H and O–H groups in total. The fourth-order valence-electron chi connectivity index (χ4n) is 0.873. The molecule has 4 heteroatoms. The number of carbonyl (C=O) groups excluding carboxylic acids is 2. The summed E-state index contributed by atoms with van der Waals surface area (Å²) in [7, 11) is 1.26. The monoisotopic (exact) mass is 189 g/mol. The number of nitrogens with zero attached hydrogens (tertiary/aromatic N) is 1. The molecule has 0 radical (unpaired) electrons. The Labute approximate surface area is 80.9 Å². The van der Waals surface area contributed by atoms with Crippen molar-refractivity contribution in [2.24, 2.45) is 0 Å². The molecule has 0 unspecified atom stereocenters. The van der Waals surface area contributed by atoms with E-state index in [1.54, 1.807) is 12.1 Å². The van der Waals surface area contributed by atoms with E-state index >= 15 is 0 Å². The zero-order valence-electron chi connectivity index (χ0n) is 7.48. The first kappa shape index (κ1) is 9.93. The molecule has 1 aromatic rings. The van der Waals surface area contributed by atoms with Gasteiger partial charge >= 0.3 is 5.97 Å². The van der Waals surface area contributed by atoms with Gasteiger partial charge in [0.15, 0.2) is 12.0 Å². The Bertz CT molecular complexity index is 415. The van der Waals surface area contributed by atoms with Crippen molar-refractivity contribution in [2.75, 3.05) is 7.11 Å². The highest BCUT2D eigenvalue weighted by Crippen LogP contribution is 2.04. The van der Waals surface area contributed by atoms with E-state index in [4.69, 9.17) is 0 Å². The molecular formula is C10H7NO3. The summed E-state index contributed by atoms with van der Waals surface area (Å²) in [5, 5.41) is 0. The summed E-state index contributed by atoms with van der Waals surface area (Å²) in [4.78, 5) is 25.0. The van der Waals surface area contributed by atoms with Crippen molar-refractivity contribution in [1.82, 2.24) is 4.98 Å². The minimum absolute atomic E-state index is 0.115. The number of hydrogen-bond acceptors (Lipinski definition) is 4. The van der Waals surface area contributed by atoms with Crippen LogP contribution in [0.15, 0.2) is 18.3 Å². The third-order valence-electron chi connectivity index (χ3n) is 1.45. The van der Waals surface area contributed by atoms with Crippen LogP contribution in [-0.2, 0) is 9.53 Å². The molecule has 1 aromatic heterocycles. The minimum atomic E-state index is -0.569. The second-order valence-electron chi connectivity index (χ2n) is 2.28. The first-order valence-electron chi connectivity index (χ1n) is 3.78. The Morgan fingerprint density at radius 3 is 3.07 bits per heavy atom. The number of hydrogen-bond donors (Lipinski definition) is 0. The van der Waals surface area contributed by atoms with Gasteiger partial charge in [0.05, 0.1) is 12.7 Å². The molecule has 0 saturated carbocycles. The molecule has 0 aromatic carbocycles. The second-order valence-corrected chi connectivity index (χ2v) is 2.28. The van der Waals surface area contributed by atoms with Gasteiger partial charge in [0, 0.05) is 6.20 Å². The number of methoxy groups -OCH3 is 1. The van der Waals surface area contributed by atoms with Crippen molar-refractivity contribution >= 4 is 12.3 Å². The topological polar surface area (TPSA) is 56.3 Å². The number of rotatable bonds is 1. The van der Waals surface area contributed by atoms with Gasteiger partial charge in [-0.15, -0.1) is 0 Å². The first-order chi connectivity index (χ1) is 6.79. The van der Waals surface area contributed by atoms with Gasteiger partial charge in [-0.3, -0.25) is 4.79 Å². The van der Waals surface area contributed by atoms with Gasteiger partial charge in [0.1, 0.15) is 0 Å². The van der Waals surface area contributed by atoms with E-state index in [1.807, 2.05) is 0 Å². The molecule has 0 aliphatic rings. The van der Waals surface area contributed by atoms with E-state index in [1.165, 1.54) is 13.3 Å². The van der Waals surface area contributed by atoms with Crippen molar-refractivity contribution in [1.29, 1.82) is 0 Å². The first-order valence-corrected chi connectivity index (χ1v) is 3.78. The molecule has 0 spiro atoms. The summed E-state index contributed by atoms with van der Waals surface area (Å²) in [6.07, 6.45) is 1.91. The van der Waals surface area contributed by atoms with Crippen LogP contribution in [0, 0.1) is 11.8 Å². The van der Waals surface area contributed by atoms with E-state index < -0.39 is 5.97 Å². The molecule has 0 atom stereocenters. The van der Waals surface area contributed by atoms with E-state index in [2.05, 4.69) is 21.6 Å². The molecule has 0 fully saturated rings. The van der Waals surface area contributed by atoms with Crippen LogP contribution in [0.25, 0.3) is 0 Å². The normalized spacial score (nSPS) is 8.36. The number of aromatic nitrogens is 1. The summed E-state index contributed by atoms with van der Waals surface area (Å²) in [5.74, 6) is 4.13. The highest BCUT2D eigenvalue weighted by atomic mass is 16.5. The van der Waals surface area contributed by atoms with Crippen LogP contribution in [0.5, 0.6) is 0 Å². The molecule has 0 bridgehead atoms. The van der Waals surface area contributed by atoms with E-state index in [0.29, 0.717) is 11.8 Å². The maximum Gasteiger partial charge on any atom is 0.357 e. The lowest BCUT2D eigenvalue weighted by molar-refractivity contribution is -0.103. The number of aldehydes is 1. The van der Waals surface area contributed by atoms with Gasteiger partial charge in [-0.2, -0.15) is 0 Å². The predicted octanol–water partition coefficient (Wildman–Crippen LogP) is 0.419. The summed E-state index contributed by atoms with van der Waals surface area (Å²) in [6.45, 7) is 0. The molecular weight excluding hydrogens is 182 g/mol. The fraction of sp³-hybridized carbons (Fsp3) is 0.100. The fourth-order valence-corrected chi connectivity index (χ4v) is 0.873. The highest BCUT2D eigenvalue weighted by Gasteiger charge is 2.10. The van der Waals surface area contributed by atoms with Gasteiger partial charge < -0.3 is 4.74 Å². The summed E-state index contributed by atoms with van der Waals surface area (Å²) in [5.41, 5.74) is 0.496. The smallest absolute Gasteiger partial charge is 0.357 e. The SMILES string of the molecule is COC(=O)c1ncccc1C#CC=O. The number of pyridine rings is 1. The quantitative estimate of drug-likeness (QED) is 0.365. The molecule has 14 heavy (non-hydrogen) atoms. The molecule has 0 amide bonds. The number of esters is 1. The average Bonchev–Trinajstić information content (AvgIpc) is 2.25. The maximum atomic E-state index is 11.2. The zero-order chi connectivity index (χ0) is 10.4. The van der Waals surface area contributed by atoms with Crippen LogP contribution in [0.2, 0.25) is 0 Å². The van der Waals surface area contributed by atoms with Gasteiger partial charge in [-0.05, 0) is 18.1 Å². The summed E-state index contributed by atoms with van der Waals surface area (Å²) in [6, 6.07) is 3.22. The van der Waals surface area contributed by atoms with Gasteiger partial charge in [-0.25, -0.2) is 9.78 Å². The van der Waals surface area contributed by atoms with Gasteiger partial charge in [0.2, 0.25) is 0 Å². The average molecular weight is 189 g/mol. The van der Waals surface area contributed by atoms with E-state index in [9.17, 15) is 9.59 Å². The molecule has 0 saturated heterocycles. The summed E-state index contributed by atoms with van der Waals surface area (Å²) >= 11 is 0. The van der Waals surface area contributed by atoms with Crippen molar-refractivity contribution in [2.45, 2.75) is 0 Å². The molecule has 1 rings (SSSR count). The lowest BCUT2D eigenvalue weighted by Gasteiger charge is -1.99. The minimum Gasteiger partial charge on any atom is -0.464 e. The Morgan fingerprint density at radius 2 is 2.43 bits per heavy atom. The highest BCUT2D eigenvalue weighted by molar-refractivity contribution is 5.90. The maximum absolute atomic E-state index is 11.2. The van der Waals surface area contributed by atoms with E-state index in [0.717, 1.165) is 0 Å². The van der Waals surface area contributed by atoms with Crippen molar-refractivity contribution in [3.05, 3.63) is 29.6 Å². The molecule has 4 nitrogen and oxygen atoms in total. The number of ether oxygens (including phenoxy) is 1. The van der Waals surface area contributed by atoms with Crippen LogP contribution in [0.1, 0.15) is 16.1 Å². The lowest BCUT2D eigenvalue weighted by Crippen LogP contribution is -2.06. The van der Waals surface area contributed by atoms with E-state index in [-0.39, 0.29) is 5.69 Å². The summed E-state index contributed by atoms with van der Waals surface area (Å²) < 4.78 is 4.50. The van der Waals surface area contributed by atoms with Crippen molar-refractivity contribution in [3.8, 4) is 11.8 Å².